The summed E-state index contributed by atoms with van der Waals surface area (Å²) in [5.74, 6) is -0.0572. The zero-order valence-corrected chi connectivity index (χ0v) is 15.4. The molecule has 0 aliphatic carbocycles. The molecule has 2 aliphatic rings. The predicted molar refractivity (Wildman–Crippen MR) is 101 cm³/mol. The highest BCUT2D eigenvalue weighted by atomic mass is 32.2. The van der Waals surface area contributed by atoms with Crippen LogP contribution >= 0.6 is 11.8 Å². The maximum atomic E-state index is 12.5. The number of benzene rings is 1. The molecule has 134 valence electrons. The van der Waals surface area contributed by atoms with Gasteiger partial charge in [0.25, 0.3) is 5.91 Å². The van der Waals surface area contributed by atoms with Crippen LogP contribution in [0.2, 0.25) is 0 Å². The number of carbonyl (C=O) groups excluding carboxylic acids is 2. The van der Waals surface area contributed by atoms with Gasteiger partial charge in [0.15, 0.2) is 5.78 Å². The highest BCUT2D eigenvalue weighted by molar-refractivity contribution is 7.99. The number of ketones is 1. The van der Waals surface area contributed by atoms with Crippen LogP contribution in [0.1, 0.15) is 47.0 Å². The summed E-state index contributed by atoms with van der Waals surface area (Å²) >= 11 is 1.55. The van der Waals surface area contributed by atoms with E-state index in [4.69, 9.17) is 0 Å². The molecule has 6 heteroatoms. The molecule has 2 aromatic rings. The average molecular weight is 367 g/mol. The van der Waals surface area contributed by atoms with Crippen molar-refractivity contribution in [2.75, 3.05) is 0 Å². The fourth-order valence-corrected chi connectivity index (χ4v) is 4.56. The number of aromatic nitrogens is 1. The lowest BCUT2D eigenvalue weighted by Gasteiger charge is -2.21. The molecule has 2 fully saturated rings. The fourth-order valence-electron chi connectivity index (χ4n) is 3.71. The first-order valence-corrected chi connectivity index (χ1v) is 9.72. The van der Waals surface area contributed by atoms with E-state index in [-0.39, 0.29) is 17.7 Å². The van der Waals surface area contributed by atoms with E-state index in [2.05, 4.69) is 15.6 Å². The molecule has 2 N–H and O–H groups in total. The zero-order chi connectivity index (χ0) is 18.1. The Balaban J connectivity index is 1.39. The van der Waals surface area contributed by atoms with Crippen molar-refractivity contribution in [2.24, 2.45) is 0 Å². The minimum atomic E-state index is -0.0467. The molecular weight excluding hydrogens is 346 g/mol. The van der Waals surface area contributed by atoms with Crippen LogP contribution in [-0.2, 0) is 0 Å². The number of Topliss-reactive ketones (excluding diaryl/α,β-unsaturated/α-hetero) is 1. The molecule has 26 heavy (non-hydrogen) atoms. The van der Waals surface area contributed by atoms with Gasteiger partial charge in [0.05, 0.1) is 0 Å². The summed E-state index contributed by atoms with van der Waals surface area (Å²) in [5, 5.41) is 6.70. The highest BCUT2D eigenvalue weighted by Crippen LogP contribution is 2.29. The zero-order valence-electron chi connectivity index (χ0n) is 14.6. The van der Waals surface area contributed by atoms with Crippen LogP contribution in [0, 0.1) is 0 Å². The Labute approximate surface area is 157 Å². The van der Waals surface area contributed by atoms with Gasteiger partial charge in [0, 0.05) is 46.6 Å². The molecule has 4 rings (SSSR count). The van der Waals surface area contributed by atoms with Crippen molar-refractivity contribution in [3.63, 3.8) is 0 Å². The van der Waals surface area contributed by atoms with Gasteiger partial charge in [-0.15, -0.1) is 0 Å². The monoisotopic (exact) mass is 367 g/mol. The molecule has 5 nitrogen and oxygen atoms in total. The van der Waals surface area contributed by atoms with Crippen LogP contribution in [0.15, 0.2) is 52.4 Å². The third-order valence-electron chi connectivity index (χ3n) is 5.06. The van der Waals surface area contributed by atoms with Crippen molar-refractivity contribution in [2.45, 2.75) is 54.1 Å². The normalized spacial score (nSPS) is 23.8. The summed E-state index contributed by atoms with van der Waals surface area (Å²) in [7, 11) is 0. The third-order valence-corrected chi connectivity index (χ3v) is 6.06. The highest BCUT2D eigenvalue weighted by Gasteiger charge is 2.39. The van der Waals surface area contributed by atoms with Gasteiger partial charge in [-0.25, -0.2) is 0 Å². The molecule has 1 amide bonds. The molecule has 3 heterocycles. The number of fused-ring (bicyclic) bond motifs is 2. The molecule has 2 bridgehead atoms. The topological polar surface area (TPSA) is 71.1 Å². The molecule has 2 aliphatic heterocycles. The molecule has 0 saturated carbocycles. The molecule has 3 atom stereocenters. The first kappa shape index (κ1) is 17.2. The average Bonchev–Trinajstić information content (AvgIpc) is 3.25. The maximum Gasteiger partial charge on any atom is 0.251 e. The largest absolute Gasteiger partial charge is 0.348 e. The van der Waals surface area contributed by atoms with Crippen LogP contribution in [0.4, 0.5) is 0 Å². The van der Waals surface area contributed by atoms with Crippen LogP contribution in [-0.4, -0.2) is 34.8 Å². The number of nitrogens with one attached hydrogen (secondary N) is 2. The molecule has 1 aromatic heterocycles. The molecule has 0 unspecified atom stereocenters. The van der Waals surface area contributed by atoms with Gasteiger partial charge in [0.2, 0.25) is 0 Å². The molecule has 2 saturated heterocycles. The van der Waals surface area contributed by atoms with Crippen LogP contribution in [0.5, 0.6) is 0 Å². The number of hydrogen-bond acceptors (Lipinski definition) is 5. The Morgan fingerprint density at radius 3 is 2.62 bits per heavy atom. The van der Waals surface area contributed by atoms with Crippen LogP contribution in [0.3, 0.4) is 0 Å². The summed E-state index contributed by atoms with van der Waals surface area (Å²) in [5.41, 5.74) is 1.14. The van der Waals surface area contributed by atoms with Crippen LogP contribution < -0.4 is 10.6 Å². The van der Waals surface area contributed by atoms with Gasteiger partial charge in [-0.05, 0) is 55.7 Å². The summed E-state index contributed by atoms with van der Waals surface area (Å²) in [6, 6.07) is 12.5. The predicted octanol–water partition coefficient (Wildman–Crippen LogP) is 3.06. The van der Waals surface area contributed by atoms with E-state index in [1.54, 1.807) is 24.0 Å². The Bertz CT molecular complexity index is 837. The molecule has 0 radical (unpaired) electrons. The Hall–Kier alpha value is -2.18. The SMILES string of the molecule is CC(=O)c1cc(Sc2ccc(C(=O)N[C@@H]3C[C@H]4CC[C@@H]3N4)cc2)ccn1. The minimum Gasteiger partial charge on any atom is -0.348 e. The lowest BCUT2D eigenvalue weighted by atomic mass is 9.95. The quantitative estimate of drug-likeness (QED) is 0.795. The van der Waals surface area contributed by atoms with Crippen molar-refractivity contribution in [1.29, 1.82) is 0 Å². The smallest absolute Gasteiger partial charge is 0.251 e. The van der Waals surface area contributed by atoms with Gasteiger partial charge in [0.1, 0.15) is 5.69 Å². The number of hydrogen-bond donors (Lipinski definition) is 2. The lowest BCUT2D eigenvalue weighted by Crippen LogP contribution is -2.42. The van der Waals surface area contributed by atoms with Gasteiger partial charge < -0.3 is 10.6 Å². The Morgan fingerprint density at radius 2 is 1.96 bits per heavy atom. The van der Waals surface area contributed by atoms with Crippen molar-refractivity contribution in [3.05, 3.63) is 53.9 Å². The first-order chi connectivity index (χ1) is 12.6. The molecule has 1 aromatic carbocycles. The maximum absolute atomic E-state index is 12.5. The van der Waals surface area contributed by atoms with Gasteiger partial charge in [-0.1, -0.05) is 11.8 Å². The lowest BCUT2D eigenvalue weighted by molar-refractivity contribution is 0.0930. The van der Waals surface area contributed by atoms with Crippen molar-refractivity contribution >= 4 is 23.5 Å². The van der Waals surface area contributed by atoms with Crippen LogP contribution in [0.25, 0.3) is 0 Å². The van der Waals surface area contributed by atoms with Crippen molar-refractivity contribution < 1.29 is 9.59 Å². The van der Waals surface area contributed by atoms with E-state index >= 15 is 0 Å². The van der Waals surface area contributed by atoms with Crippen molar-refractivity contribution in [3.8, 4) is 0 Å². The van der Waals surface area contributed by atoms with Gasteiger partial charge >= 0.3 is 0 Å². The molecular formula is C20H21N3O2S. The molecule has 0 spiro atoms. The van der Waals surface area contributed by atoms with E-state index in [0.29, 0.717) is 23.3 Å². The van der Waals surface area contributed by atoms with Gasteiger partial charge in [-0.3, -0.25) is 14.6 Å². The number of rotatable bonds is 5. The Morgan fingerprint density at radius 1 is 1.15 bits per heavy atom. The fraction of sp³-hybridized carbons (Fsp3) is 0.350. The van der Waals surface area contributed by atoms with Gasteiger partial charge in [-0.2, -0.15) is 0 Å². The number of carbonyl (C=O) groups is 2. The van der Waals surface area contributed by atoms with E-state index in [9.17, 15) is 9.59 Å². The summed E-state index contributed by atoms with van der Waals surface area (Å²) in [6.07, 6.45) is 5.05. The van der Waals surface area contributed by atoms with E-state index in [0.717, 1.165) is 22.6 Å². The van der Waals surface area contributed by atoms with E-state index in [1.165, 1.54) is 13.3 Å². The second-order valence-corrected chi connectivity index (χ2v) is 8.07. The number of nitrogens with zero attached hydrogens (tertiary/aromatic N) is 1. The minimum absolute atomic E-state index is 0.0105. The first-order valence-electron chi connectivity index (χ1n) is 8.90. The number of pyridine rings is 1. The number of amides is 1. The third kappa shape index (κ3) is 3.66. The standard InChI is InChI=1S/C20H21N3O2S/c1-12(24)18-11-16(8-9-21-18)26-15-5-2-13(3-6-15)20(25)23-19-10-14-4-7-17(19)22-14/h2-3,5-6,8-9,11,14,17,19,22H,4,7,10H2,1H3,(H,23,25)/t14-,17+,19-/m1/s1. The second-order valence-electron chi connectivity index (χ2n) is 6.92. The van der Waals surface area contributed by atoms with Crippen molar-refractivity contribution in [1.82, 2.24) is 15.6 Å². The Kier molecular flexibility index (Phi) is 4.78. The van der Waals surface area contributed by atoms with E-state index in [1.807, 2.05) is 30.3 Å². The van der Waals surface area contributed by atoms with E-state index < -0.39 is 0 Å². The summed E-state index contributed by atoms with van der Waals surface area (Å²) in [6.45, 7) is 1.51. The summed E-state index contributed by atoms with van der Waals surface area (Å²) < 4.78 is 0. The summed E-state index contributed by atoms with van der Waals surface area (Å²) in [4.78, 5) is 29.9. The second kappa shape index (κ2) is 7.21.